The van der Waals surface area contributed by atoms with E-state index in [1.807, 2.05) is 34.0 Å². The molecule has 1 saturated heterocycles. The summed E-state index contributed by atoms with van der Waals surface area (Å²) in [5.74, 6) is 6.81. The SMILES string of the molecule is CCN1C2CCCCC2C2CC(/C=C/c3cc4sc5cc(/C=C/C6CCC(c7nnc(C8CCC(C(C)(C)C)CC8)o7)CC6)sc5c4s3)CCC21. The Balaban J connectivity index is 0.787. The molecule has 5 aliphatic rings. The summed E-state index contributed by atoms with van der Waals surface area (Å²) in [6.45, 7) is 10.8. The molecule has 274 valence electrons. The molecule has 5 heterocycles. The Hall–Kier alpha value is -1.80. The highest BCUT2D eigenvalue weighted by atomic mass is 32.1. The monoisotopic (exact) mass is 741 g/mol. The fourth-order valence-electron chi connectivity index (χ4n) is 11.4. The summed E-state index contributed by atoms with van der Waals surface area (Å²) in [6.07, 6.45) is 29.7. The molecule has 4 aromatic rings. The number of nitrogens with zero attached hydrogens (tertiary/aromatic N) is 3. The molecule has 0 bridgehead atoms. The minimum atomic E-state index is 0.403. The van der Waals surface area contributed by atoms with Crippen molar-refractivity contribution in [2.24, 2.45) is 35.0 Å². The van der Waals surface area contributed by atoms with Gasteiger partial charge in [-0.05, 0) is 149 Å². The number of hydrogen-bond donors (Lipinski definition) is 0. The quantitative estimate of drug-likeness (QED) is 0.189. The van der Waals surface area contributed by atoms with E-state index < -0.39 is 0 Å². The molecule has 7 heteroatoms. The van der Waals surface area contributed by atoms with E-state index >= 15 is 0 Å². The Morgan fingerprint density at radius 1 is 0.686 bits per heavy atom. The maximum Gasteiger partial charge on any atom is 0.219 e. The Bertz CT molecular complexity index is 1850. The Labute approximate surface area is 318 Å². The molecule has 51 heavy (non-hydrogen) atoms. The summed E-state index contributed by atoms with van der Waals surface area (Å²) >= 11 is 6.00. The van der Waals surface area contributed by atoms with Gasteiger partial charge in [-0.3, -0.25) is 4.90 Å². The molecule has 1 aliphatic heterocycles. The second-order valence-corrected chi connectivity index (χ2v) is 21.4. The predicted octanol–water partition coefficient (Wildman–Crippen LogP) is 13.6. The molecule has 0 radical (unpaired) electrons. The number of aromatic nitrogens is 2. The molecule has 0 amide bonds. The molecule has 0 N–H and O–H groups in total. The van der Waals surface area contributed by atoms with Crippen molar-refractivity contribution in [2.45, 2.75) is 148 Å². The van der Waals surface area contributed by atoms with Crippen molar-refractivity contribution in [1.82, 2.24) is 15.1 Å². The molecule has 4 aromatic heterocycles. The van der Waals surface area contributed by atoms with Crippen molar-refractivity contribution in [3.8, 4) is 0 Å². The van der Waals surface area contributed by atoms with Gasteiger partial charge in [0.05, 0.1) is 9.40 Å². The third-order valence-electron chi connectivity index (χ3n) is 14.3. The first kappa shape index (κ1) is 34.9. The van der Waals surface area contributed by atoms with Gasteiger partial charge in [0, 0.05) is 43.1 Å². The van der Waals surface area contributed by atoms with Gasteiger partial charge in [-0.2, -0.15) is 0 Å². The molecule has 0 aromatic carbocycles. The van der Waals surface area contributed by atoms with Crippen LogP contribution in [-0.2, 0) is 0 Å². The van der Waals surface area contributed by atoms with Crippen LogP contribution in [0.2, 0.25) is 0 Å². The Kier molecular flexibility index (Phi) is 9.90. The number of thiophene rings is 3. The molecular formula is C44H59N3OS3. The van der Waals surface area contributed by atoms with Crippen LogP contribution >= 0.6 is 34.0 Å². The van der Waals surface area contributed by atoms with E-state index in [0.29, 0.717) is 23.2 Å². The van der Waals surface area contributed by atoms with E-state index in [0.717, 1.165) is 60.4 Å². The molecule has 4 saturated carbocycles. The second kappa shape index (κ2) is 14.5. The van der Waals surface area contributed by atoms with Crippen LogP contribution in [0, 0.1) is 35.0 Å². The van der Waals surface area contributed by atoms with E-state index in [9.17, 15) is 0 Å². The van der Waals surface area contributed by atoms with Crippen LogP contribution in [-0.4, -0.2) is 33.7 Å². The van der Waals surface area contributed by atoms with Crippen LogP contribution in [0.3, 0.4) is 0 Å². The third-order valence-corrected chi connectivity index (χ3v) is 18.0. The van der Waals surface area contributed by atoms with Gasteiger partial charge in [0.2, 0.25) is 11.8 Å². The van der Waals surface area contributed by atoms with Gasteiger partial charge in [-0.1, -0.05) is 52.7 Å². The lowest BCUT2D eigenvalue weighted by Crippen LogP contribution is -2.40. The van der Waals surface area contributed by atoms with E-state index in [-0.39, 0.29) is 0 Å². The van der Waals surface area contributed by atoms with Crippen molar-refractivity contribution in [3.05, 3.63) is 45.8 Å². The fraction of sp³-hybridized carbons (Fsp3) is 0.682. The van der Waals surface area contributed by atoms with Crippen LogP contribution in [0.1, 0.15) is 157 Å². The highest BCUT2D eigenvalue weighted by Gasteiger charge is 2.50. The zero-order valence-electron chi connectivity index (χ0n) is 31.4. The van der Waals surface area contributed by atoms with E-state index in [2.05, 4.69) is 79.2 Å². The van der Waals surface area contributed by atoms with Crippen molar-refractivity contribution in [1.29, 1.82) is 0 Å². The Morgan fingerprint density at radius 3 is 1.88 bits per heavy atom. The van der Waals surface area contributed by atoms with Gasteiger partial charge in [-0.15, -0.1) is 44.2 Å². The van der Waals surface area contributed by atoms with Crippen molar-refractivity contribution < 1.29 is 4.42 Å². The number of allylic oxidation sites excluding steroid dienone is 2. The van der Waals surface area contributed by atoms with Crippen molar-refractivity contribution in [3.63, 3.8) is 0 Å². The maximum atomic E-state index is 6.35. The van der Waals surface area contributed by atoms with Crippen LogP contribution in [0.4, 0.5) is 0 Å². The molecule has 5 fully saturated rings. The Morgan fingerprint density at radius 2 is 1.25 bits per heavy atom. The first-order valence-electron chi connectivity index (χ1n) is 20.7. The molecular weight excluding hydrogens is 683 g/mol. The summed E-state index contributed by atoms with van der Waals surface area (Å²) in [4.78, 5) is 5.78. The van der Waals surface area contributed by atoms with Gasteiger partial charge < -0.3 is 4.42 Å². The normalized spacial score (nSPS) is 33.9. The molecule has 5 unspecified atom stereocenters. The van der Waals surface area contributed by atoms with Crippen molar-refractivity contribution in [2.75, 3.05) is 6.54 Å². The fourth-order valence-corrected chi connectivity index (χ4v) is 15.2. The lowest BCUT2D eigenvalue weighted by molar-refractivity contribution is 0.140. The van der Waals surface area contributed by atoms with Crippen LogP contribution in [0.25, 0.3) is 31.0 Å². The number of fused-ring (bicyclic) bond motifs is 6. The summed E-state index contributed by atoms with van der Waals surface area (Å²) in [6, 6.07) is 6.65. The smallest absolute Gasteiger partial charge is 0.219 e. The molecule has 9 rings (SSSR count). The van der Waals surface area contributed by atoms with Crippen LogP contribution in [0.5, 0.6) is 0 Å². The summed E-state index contributed by atoms with van der Waals surface area (Å²) in [5, 5.41) is 9.14. The molecule has 4 nitrogen and oxygen atoms in total. The van der Waals surface area contributed by atoms with Gasteiger partial charge in [-0.25, -0.2) is 0 Å². The average molecular weight is 742 g/mol. The lowest BCUT2D eigenvalue weighted by atomic mass is 9.70. The van der Waals surface area contributed by atoms with Gasteiger partial charge in [0.25, 0.3) is 0 Å². The molecule has 4 aliphatic carbocycles. The number of likely N-dealkylation sites (tertiary alicyclic amines) is 1. The summed E-state index contributed by atoms with van der Waals surface area (Å²) < 4.78 is 12.3. The lowest BCUT2D eigenvalue weighted by Gasteiger charge is -2.36. The minimum Gasteiger partial charge on any atom is -0.425 e. The first-order valence-corrected chi connectivity index (χ1v) is 23.2. The first-order chi connectivity index (χ1) is 24.8. The zero-order chi connectivity index (χ0) is 34.7. The topological polar surface area (TPSA) is 42.2 Å². The van der Waals surface area contributed by atoms with Gasteiger partial charge >= 0.3 is 0 Å². The third kappa shape index (κ3) is 7.00. The average Bonchev–Trinajstić information content (AvgIpc) is 3.97. The van der Waals surface area contributed by atoms with Crippen LogP contribution in [0.15, 0.2) is 28.7 Å². The zero-order valence-corrected chi connectivity index (χ0v) is 33.9. The number of hydrogen-bond acceptors (Lipinski definition) is 7. The van der Waals surface area contributed by atoms with E-state index in [1.165, 1.54) is 119 Å². The van der Waals surface area contributed by atoms with Gasteiger partial charge in [0.1, 0.15) is 0 Å². The summed E-state index contributed by atoms with van der Waals surface area (Å²) in [5.41, 5.74) is 0.403. The molecule has 5 atom stereocenters. The molecule has 0 spiro atoms. The predicted molar refractivity (Wildman–Crippen MR) is 219 cm³/mol. The van der Waals surface area contributed by atoms with Gasteiger partial charge in [0.15, 0.2) is 0 Å². The highest BCUT2D eigenvalue weighted by Crippen LogP contribution is 2.51. The van der Waals surface area contributed by atoms with E-state index in [4.69, 9.17) is 4.42 Å². The largest absolute Gasteiger partial charge is 0.425 e. The van der Waals surface area contributed by atoms with Crippen LogP contribution < -0.4 is 0 Å². The minimum absolute atomic E-state index is 0.403. The maximum absolute atomic E-state index is 6.35. The van der Waals surface area contributed by atoms with Crippen molar-refractivity contribution >= 4 is 65.0 Å². The summed E-state index contributed by atoms with van der Waals surface area (Å²) in [7, 11) is 0. The second-order valence-electron chi connectivity index (χ2n) is 18.2. The number of rotatable bonds is 7. The van der Waals surface area contributed by atoms with E-state index in [1.54, 1.807) is 0 Å². The standard InChI is InChI=1S/C44H59N3OS3/c1-5-47-36-9-7-6-8-34(36)35-24-28(14-23-37(35)47)13-22-33-26-39-41(50-33)40-38(51-39)25-32(49-40)21-12-27-10-15-29(16-11-27)42-45-46-43(48-42)30-17-19-31(20-18-30)44(2,3)4/h12-13,21-22,25-31,34-37H,5-11,14-20,23-24H2,1-4H3/b21-12+,22-13+. The highest BCUT2D eigenvalue weighted by molar-refractivity contribution is 7.38.